The summed E-state index contributed by atoms with van der Waals surface area (Å²) in [6.45, 7) is -0.217. The molecule has 11 heteroatoms. The number of halogens is 1. The van der Waals surface area contributed by atoms with Crippen molar-refractivity contribution >= 4 is 54.1 Å². The molecule has 0 atom stereocenters. The summed E-state index contributed by atoms with van der Waals surface area (Å²) in [5.74, 6) is 0.172. The number of fused-ring (bicyclic) bond motifs is 1. The lowest BCUT2D eigenvalue weighted by Crippen LogP contribution is -2.20. The first-order chi connectivity index (χ1) is 16.4. The Balaban J connectivity index is 1.38. The van der Waals surface area contributed by atoms with E-state index in [-0.39, 0.29) is 23.2 Å². The Hall–Kier alpha value is -3.70. The Morgan fingerprint density at radius 2 is 1.74 bits per heavy atom. The van der Waals surface area contributed by atoms with E-state index in [1.807, 2.05) is 30.3 Å². The van der Waals surface area contributed by atoms with Gasteiger partial charge in [0.1, 0.15) is 5.75 Å². The minimum Gasteiger partial charge on any atom is -0.483 e. The molecule has 0 spiro atoms. The van der Waals surface area contributed by atoms with Crippen LogP contribution < -0.4 is 19.5 Å². The van der Waals surface area contributed by atoms with Gasteiger partial charge in [-0.25, -0.2) is 18.4 Å². The SMILES string of the molecule is COc1nccnc1NS(=O)(=O)c1ccc(NC(=O)COc2ccc3ccccc3c2Br)cc1. The van der Waals surface area contributed by atoms with Crippen LogP contribution in [0.5, 0.6) is 11.6 Å². The van der Waals surface area contributed by atoms with Crippen LogP contribution in [0.2, 0.25) is 0 Å². The van der Waals surface area contributed by atoms with Gasteiger partial charge in [0, 0.05) is 18.1 Å². The monoisotopic (exact) mass is 542 g/mol. The summed E-state index contributed by atoms with van der Waals surface area (Å²) in [7, 11) is -2.57. The molecule has 0 aliphatic heterocycles. The number of carbonyl (C=O) groups is 1. The Kier molecular flexibility index (Phi) is 6.94. The molecule has 174 valence electrons. The van der Waals surface area contributed by atoms with Crippen molar-refractivity contribution in [2.45, 2.75) is 4.90 Å². The maximum atomic E-state index is 12.6. The molecule has 0 radical (unpaired) electrons. The topological polar surface area (TPSA) is 120 Å². The van der Waals surface area contributed by atoms with E-state index in [1.54, 1.807) is 6.07 Å². The average molecular weight is 543 g/mol. The van der Waals surface area contributed by atoms with Crippen LogP contribution in [0.15, 0.2) is 82.4 Å². The summed E-state index contributed by atoms with van der Waals surface area (Å²) in [6.07, 6.45) is 2.73. The predicted molar refractivity (Wildman–Crippen MR) is 132 cm³/mol. The van der Waals surface area contributed by atoms with E-state index in [0.29, 0.717) is 11.4 Å². The van der Waals surface area contributed by atoms with Crippen molar-refractivity contribution in [2.24, 2.45) is 0 Å². The van der Waals surface area contributed by atoms with Gasteiger partial charge in [0.25, 0.3) is 21.8 Å². The summed E-state index contributed by atoms with van der Waals surface area (Å²) >= 11 is 3.52. The Labute approximate surface area is 204 Å². The summed E-state index contributed by atoms with van der Waals surface area (Å²) in [5, 5.41) is 4.70. The molecule has 1 heterocycles. The van der Waals surface area contributed by atoms with Gasteiger partial charge in [-0.05, 0) is 57.0 Å². The molecule has 0 saturated carbocycles. The largest absolute Gasteiger partial charge is 0.483 e. The van der Waals surface area contributed by atoms with Crippen LogP contribution >= 0.6 is 15.9 Å². The van der Waals surface area contributed by atoms with Crippen LogP contribution in [-0.2, 0) is 14.8 Å². The number of methoxy groups -OCH3 is 1. The molecule has 9 nitrogen and oxygen atoms in total. The molecule has 0 aliphatic rings. The van der Waals surface area contributed by atoms with Gasteiger partial charge in [-0.1, -0.05) is 30.3 Å². The van der Waals surface area contributed by atoms with Gasteiger partial charge in [-0.3, -0.25) is 9.52 Å². The minimum absolute atomic E-state index is 0.0189. The first-order valence-electron chi connectivity index (χ1n) is 9.95. The van der Waals surface area contributed by atoms with Crippen molar-refractivity contribution in [1.82, 2.24) is 9.97 Å². The third kappa shape index (κ3) is 5.26. The van der Waals surface area contributed by atoms with Crippen molar-refractivity contribution in [3.05, 3.63) is 77.5 Å². The van der Waals surface area contributed by atoms with Crippen molar-refractivity contribution < 1.29 is 22.7 Å². The van der Waals surface area contributed by atoms with Crippen molar-refractivity contribution in [1.29, 1.82) is 0 Å². The highest BCUT2D eigenvalue weighted by Crippen LogP contribution is 2.33. The van der Waals surface area contributed by atoms with Gasteiger partial charge >= 0.3 is 0 Å². The lowest BCUT2D eigenvalue weighted by atomic mass is 10.1. The van der Waals surface area contributed by atoms with Crippen LogP contribution in [0.25, 0.3) is 10.8 Å². The fourth-order valence-electron chi connectivity index (χ4n) is 3.11. The highest BCUT2D eigenvalue weighted by atomic mass is 79.9. The predicted octanol–water partition coefficient (Wildman–Crippen LogP) is 4.22. The molecule has 34 heavy (non-hydrogen) atoms. The average Bonchev–Trinajstić information content (AvgIpc) is 2.84. The molecule has 0 fully saturated rings. The van der Waals surface area contributed by atoms with E-state index in [2.05, 4.69) is 35.9 Å². The molecule has 0 bridgehead atoms. The molecular formula is C23H19BrN4O5S. The standard InChI is InChI=1S/C23H19BrN4O5S/c1-32-23-22(25-12-13-26-23)28-34(30,31)17-9-7-16(8-10-17)27-20(29)14-33-19-11-6-15-4-2-3-5-18(15)21(19)24/h2-13H,14H2,1H3,(H,25,28)(H,27,29). The van der Waals surface area contributed by atoms with E-state index in [4.69, 9.17) is 9.47 Å². The lowest BCUT2D eigenvalue weighted by molar-refractivity contribution is -0.118. The van der Waals surface area contributed by atoms with Gasteiger partial charge in [-0.15, -0.1) is 0 Å². The number of benzene rings is 3. The highest BCUT2D eigenvalue weighted by Gasteiger charge is 2.18. The van der Waals surface area contributed by atoms with E-state index >= 15 is 0 Å². The van der Waals surface area contributed by atoms with Crippen LogP contribution in [-0.4, -0.2) is 38.0 Å². The number of anilines is 2. The van der Waals surface area contributed by atoms with Gasteiger partial charge < -0.3 is 14.8 Å². The molecule has 3 aromatic carbocycles. The number of amides is 1. The molecule has 1 aromatic heterocycles. The number of rotatable bonds is 8. The highest BCUT2D eigenvalue weighted by molar-refractivity contribution is 9.10. The molecule has 2 N–H and O–H groups in total. The van der Waals surface area contributed by atoms with Gasteiger partial charge in [0.2, 0.25) is 5.82 Å². The number of hydrogen-bond acceptors (Lipinski definition) is 7. The van der Waals surface area contributed by atoms with Gasteiger partial charge in [0.05, 0.1) is 16.5 Å². The first-order valence-corrected chi connectivity index (χ1v) is 12.2. The molecule has 0 aliphatic carbocycles. The lowest BCUT2D eigenvalue weighted by Gasteiger charge is -2.12. The number of nitrogens with zero attached hydrogens (tertiary/aromatic N) is 2. The Morgan fingerprint density at radius 1 is 1.00 bits per heavy atom. The maximum absolute atomic E-state index is 12.6. The van der Waals surface area contributed by atoms with Gasteiger partial charge in [-0.2, -0.15) is 0 Å². The first kappa shape index (κ1) is 23.5. The summed E-state index contributed by atoms with van der Waals surface area (Å²) < 4.78 is 39.0. The van der Waals surface area contributed by atoms with E-state index in [9.17, 15) is 13.2 Å². The molecule has 0 unspecified atom stereocenters. The number of aromatic nitrogens is 2. The van der Waals surface area contributed by atoms with Crippen LogP contribution in [0.4, 0.5) is 11.5 Å². The summed E-state index contributed by atoms with van der Waals surface area (Å²) in [6, 6.07) is 17.2. The molecule has 1 amide bonds. The zero-order valence-electron chi connectivity index (χ0n) is 17.9. The second kappa shape index (κ2) is 10.1. The molecule has 4 aromatic rings. The second-order valence-electron chi connectivity index (χ2n) is 6.98. The zero-order valence-corrected chi connectivity index (χ0v) is 20.3. The Morgan fingerprint density at radius 3 is 2.50 bits per heavy atom. The third-order valence-corrected chi connectivity index (χ3v) is 6.90. The van der Waals surface area contributed by atoms with E-state index in [1.165, 1.54) is 43.8 Å². The van der Waals surface area contributed by atoms with Crippen LogP contribution in [0, 0.1) is 0 Å². The zero-order chi connectivity index (χ0) is 24.1. The summed E-state index contributed by atoms with van der Waals surface area (Å²) in [5.41, 5.74) is 0.419. The minimum atomic E-state index is -3.94. The molecule has 4 rings (SSSR count). The number of sulfonamides is 1. The van der Waals surface area contributed by atoms with Gasteiger partial charge in [0.15, 0.2) is 6.61 Å². The van der Waals surface area contributed by atoms with Crippen molar-refractivity contribution in [2.75, 3.05) is 23.8 Å². The van der Waals surface area contributed by atoms with Crippen LogP contribution in [0.1, 0.15) is 0 Å². The van der Waals surface area contributed by atoms with Crippen molar-refractivity contribution in [3.63, 3.8) is 0 Å². The normalized spacial score (nSPS) is 11.1. The smallest absolute Gasteiger partial charge is 0.263 e. The number of hydrogen-bond donors (Lipinski definition) is 2. The number of ether oxygens (including phenoxy) is 2. The second-order valence-corrected chi connectivity index (χ2v) is 9.46. The maximum Gasteiger partial charge on any atom is 0.263 e. The molecule has 0 saturated heterocycles. The van der Waals surface area contributed by atoms with E-state index in [0.717, 1.165) is 15.2 Å². The fraction of sp³-hybridized carbons (Fsp3) is 0.0870. The van der Waals surface area contributed by atoms with Crippen LogP contribution in [0.3, 0.4) is 0 Å². The van der Waals surface area contributed by atoms with E-state index < -0.39 is 15.9 Å². The van der Waals surface area contributed by atoms with Crippen molar-refractivity contribution in [3.8, 4) is 11.6 Å². The summed E-state index contributed by atoms with van der Waals surface area (Å²) in [4.78, 5) is 20.2. The Bertz CT molecular complexity index is 1450. The quantitative estimate of drug-likeness (QED) is 0.342. The number of carbonyl (C=O) groups excluding carboxylic acids is 1. The number of nitrogens with one attached hydrogen (secondary N) is 2. The fourth-order valence-corrected chi connectivity index (χ4v) is 4.73. The molecular weight excluding hydrogens is 524 g/mol. The third-order valence-electron chi connectivity index (χ3n) is 4.72.